The van der Waals surface area contributed by atoms with Crippen LogP contribution < -0.4 is 5.32 Å². The first-order valence-electron chi connectivity index (χ1n) is 10.3. The second-order valence-corrected chi connectivity index (χ2v) is 8.84. The van der Waals surface area contributed by atoms with Crippen LogP contribution in [0.2, 0.25) is 0 Å². The van der Waals surface area contributed by atoms with Crippen molar-refractivity contribution in [3.63, 3.8) is 0 Å². The van der Waals surface area contributed by atoms with Crippen molar-refractivity contribution in [1.82, 2.24) is 5.32 Å². The first-order chi connectivity index (χ1) is 14.5. The smallest absolute Gasteiger partial charge is 0.259 e. The minimum atomic E-state index is -1.23. The molecule has 1 amide bonds. The number of allylic oxidation sites excluding steroid dienone is 3. The molecule has 9 heteroatoms. The molecule has 4 saturated heterocycles. The van der Waals surface area contributed by atoms with Gasteiger partial charge in [-0.2, -0.15) is 0 Å². The molecule has 4 aliphatic rings. The van der Waals surface area contributed by atoms with E-state index in [1.807, 2.05) is 26.8 Å². The van der Waals surface area contributed by atoms with E-state index in [4.69, 9.17) is 14.2 Å². The van der Waals surface area contributed by atoms with Gasteiger partial charge in [0, 0.05) is 11.8 Å². The number of fused-ring (bicyclic) bond motifs is 4. The summed E-state index contributed by atoms with van der Waals surface area (Å²) in [7, 11) is 0. The number of Topliss-reactive ketones (excluding diaryl/α,β-unsaturated/α-hetero) is 2. The Hall–Kier alpha value is -2.33. The lowest BCUT2D eigenvalue weighted by Crippen LogP contribution is -2.67. The van der Waals surface area contributed by atoms with Crippen LogP contribution >= 0.6 is 0 Å². The summed E-state index contributed by atoms with van der Waals surface area (Å²) in [4.78, 5) is 36.0. The van der Waals surface area contributed by atoms with Gasteiger partial charge in [-0.15, -0.1) is 0 Å². The Morgan fingerprint density at radius 1 is 1.26 bits per heavy atom. The number of nitrogens with one attached hydrogen (secondary N) is 1. The Kier molecular flexibility index (Phi) is 5.20. The Labute approximate surface area is 179 Å². The molecule has 2 bridgehead atoms. The summed E-state index contributed by atoms with van der Waals surface area (Å²) in [5.74, 6) is -3.20. The molecule has 4 fully saturated rings. The lowest BCUT2D eigenvalue weighted by Gasteiger charge is -2.51. The molecule has 4 heterocycles. The Morgan fingerprint density at radius 3 is 2.58 bits per heavy atom. The zero-order valence-corrected chi connectivity index (χ0v) is 17.9. The Bertz CT molecular complexity index is 918. The maximum absolute atomic E-state index is 12.7. The largest absolute Gasteiger partial charge is 0.507 e. The van der Waals surface area contributed by atoms with Gasteiger partial charge in [-0.05, 0) is 19.9 Å². The zero-order valence-electron chi connectivity index (χ0n) is 17.9. The molecule has 31 heavy (non-hydrogen) atoms. The quantitative estimate of drug-likeness (QED) is 0.187. The summed E-state index contributed by atoms with van der Waals surface area (Å²) in [6.07, 6.45) is 3.07. The molecular weight excluding hydrogens is 406 g/mol. The fraction of sp³-hybridized carbons (Fsp3) is 0.591. The van der Waals surface area contributed by atoms with Gasteiger partial charge < -0.3 is 29.7 Å². The highest BCUT2D eigenvalue weighted by molar-refractivity contribution is 6.25. The van der Waals surface area contributed by atoms with E-state index in [9.17, 15) is 24.6 Å². The summed E-state index contributed by atoms with van der Waals surface area (Å²) >= 11 is 0. The van der Waals surface area contributed by atoms with Crippen molar-refractivity contribution in [1.29, 1.82) is 0 Å². The number of ether oxygens (including phenoxy) is 3. The van der Waals surface area contributed by atoms with Crippen molar-refractivity contribution in [2.45, 2.75) is 57.4 Å². The van der Waals surface area contributed by atoms with Gasteiger partial charge in [0.25, 0.3) is 5.91 Å². The van der Waals surface area contributed by atoms with Crippen LogP contribution in [0.25, 0.3) is 0 Å². The normalized spacial score (nSPS) is 42.5. The summed E-state index contributed by atoms with van der Waals surface area (Å²) in [5.41, 5.74) is -0.637. The number of rotatable bonds is 5. The average Bonchev–Trinajstić information content (AvgIpc) is 3.40. The van der Waals surface area contributed by atoms with Crippen LogP contribution in [0.4, 0.5) is 0 Å². The number of aliphatic hydroxyl groups excluding tert-OH is 2. The van der Waals surface area contributed by atoms with Crippen LogP contribution in [0, 0.1) is 11.8 Å². The minimum absolute atomic E-state index is 0.116. The lowest BCUT2D eigenvalue weighted by atomic mass is 9.78. The van der Waals surface area contributed by atoms with Crippen LogP contribution in [-0.4, -0.2) is 70.5 Å². The van der Waals surface area contributed by atoms with Gasteiger partial charge in [-0.1, -0.05) is 31.6 Å². The van der Waals surface area contributed by atoms with Gasteiger partial charge in [-0.3, -0.25) is 14.4 Å². The second kappa shape index (κ2) is 7.37. The predicted octanol–water partition coefficient (Wildman–Crippen LogP) is 0.485. The number of ketones is 2. The topological polar surface area (TPSA) is 135 Å². The number of carbonyl (C=O) groups excluding carboxylic acids is 3. The van der Waals surface area contributed by atoms with Crippen molar-refractivity contribution in [3.8, 4) is 0 Å². The van der Waals surface area contributed by atoms with Crippen LogP contribution in [-0.2, 0) is 28.6 Å². The molecular formula is C22H27NO8. The number of epoxide rings is 1. The van der Waals surface area contributed by atoms with Crippen LogP contribution in [0.1, 0.15) is 27.7 Å². The molecule has 0 radical (unpaired) electrons. The molecule has 168 valence electrons. The summed E-state index contributed by atoms with van der Waals surface area (Å²) in [6, 6.07) is 0. The highest BCUT2D eigenvalue weighted by Crippen LogP contribution is 2.57. The monoisotopic (exact) mass is 433 g/mol. The SMILES string of the molecule is CC(=C/[C@@H](C)[C@H]1O[C@@]2(C)O[C@H](C(=O)[C@H]3O[C@]32CO)[C@@H]1C)/C=C/C(O)=C1\C(=O)CNC1=O. The van der Waals surface area contributed by atoms with Gasteiger partial charge in [-0.25, -0.2) is 0 Å². The third-order valence-electron chi connectivity index (χ3n) is 6.67. The number of amides is 1. The Balaban J connectivity index is 1.53. The molecule has 4 rings (SSSR count). The second-order valence-electron chi connectivity index (χ2n) is 8.84. The van der Waals surface area contributed by atoms with Gasteiger partial charge >= 0.3 is 0 Å². The standard InChI is InChI=1S/C22H27NO8/c1-10(5-6-13(25)15-14(26)8-23-20(15)28)7-11(2)17-12(3)18-16(27)19-22(9-24,31-19)21(4,29-17)30-18/h5-7,11-12,17-19,24-25H,8-9H2,1-4H3,(H,23,28)/b6-5+,10-7-,15-13-/t11-,12-,17-,18+,19-,21+,22-/m1/s1. The third-order valence-corrected chi connectivity index (χ3v) is 6.67. The van der Waals surface area contributed by atoms with Gasteiger partial charge in [0.05, 0.1) is 19.3 Å². The first-order valence-corrected chi connectivity index (χ1v) is 10.3. The molecule has 3 N–H and O–H groups in total. The van der Waals surface area contributed by atoms with E-state index < -0.39 is 35.3 Å². The van der Waals surface area contributed by atoms with E-state index in [1.165, 1.54) is 6.08 Å². The van der Waals surface area contributed by atoms with Crippen molar-refractivity contribution in [3.05, 3.63) is 35.1 Å². The van der Waals surface area contributed by atoms with Gasteiger partial charge in [0.1, 0.15) is 17.4 Å². The van der Waals surface area contributed by atoms with E-state index in [0.29, 0.717) is 0 Å². The minimum Gasteiger partial charge on any atom is -0.507 e. The number of hydrogen-bond acceptors (Lipinski definition) is 8. The summed E-state index contributed by atoms with van der Waals surface area (Å²) in [6.45, 7) is 6.84. The fourth-order valence-corrected chi connectivity index (χ4v) is 4.82. The van der Waals surface area contributed by atoms with E-state index in [2.05, 4.69) is 5.32 Å². The highest BCUT2D eigenvalue weighted by Gasteiger charge is 2.78. The lowest BCUT2D eigenvalue weighted by molar-refractivity contribution is -0.355. The van der Waals surface area contributed by atoms with Crippen molar-refractivity contribution < 1.29 is 38.8 Å². The molecule has 0 aromatic heterocycles. The summed E-state index contributed by atoms with van der Waals surface area (Å²) < 4.78 is 17.8. The average molecular weight is 433 g/mol. The van der Waals surface area contributed by atoms with Crippen molar-refractivity contribution >= 4 is 17.5 Å². The predicted molar refractivity (Wildman–Crippen MR) is 107 cm³/mol. The van der Waals surface area contributed by atoms with Gasteiger partial charge in [0.2, 0.25) is 5.79 Å². The molecule has 0 saturated carbocycles. The Morgan fingerprint density at radius 2 is 1.97 bits per heavy atom. The number of hydrogen-bond donors (Lipinski definition) is 3. The molecule has 7 atom stereocenters. The number of aliphatic hydroxyl groups is 2. The van der Waals surface area contributed by atoms with Gasteiger partial charge in [0.15, 0.2) is 23.3 Å². The molecule has 0 aromatic carbocycles. The molecule has 9 nitrogen and oxygen atoms in total. The van der Waals surface area contributed by atoms with E-state index in [-0.39, 0.29) is 48.2 Å². The third kappa shape index (κ3) is 3.27. The highest BCUT2D eigenvalue weighted by atomic mass is 16.8. The van der Waals surface area contributed by atoms with Crippen molar-refractivity contribution in [2.75, 3.05) is 13.2 Å². The maximum atomic E-state index is 12.7. The van der Waals surface area contributed by atoms with E-state index >= 15 is 0 Å². The van der Waals surface area contributed by atoms with Crippen LogP contribution in [0.5, 0.6) is 0 Å². The van der Waals surface area contributed by atoms with Crippen LogP contribution in [0.3, 0.4) is 0 Å². The molecule has 4 aliphatic heterocycles. The van der Waals surface area contributed by atoms with E-state index in [0.717, 1.165) is 5.57 Å². The van der Waals surface area contributed by atoms with Crippen molar-refractivity contribution in [2.24, 2.45) is 11.8 Å². The fourth-order valence-electron chi connectivity index (χ4n) is 4.82. The summed E-state index contributed by atoms with van der Waals surface area (Å²) in [5, 5.41) is 22.3. The van der Waals surface area contributed by atoms with Crippen LogP contribution in [0.15, 0.2) is 35.1 Å². The van der Waals surface area contributed by atoms with E-state index in [1.54, 1.807) is 13.0 Å². The number of carbonyl (C=O) groups is 3. The zero-order chi connectivity index (χ0) is 22.7. The first kappa shape index (κ1) is 21.9. The molecule has 0 spiro atoms. The molecule has 0 aromatic rings. The molecule has 0 aliphatic carbocycles. The maximum Gasteiger partial charge on any atom is 0.259 e. The molecule has 0 unspecified atom stereocenters.